The summed E-state index contributed by atoms with van der Waals surface area (Å²) in [5.74, 6) is 1.49. The Morgan fingerprint density at radius 3 is 2.74 bits per heavy atom. The van der Waals surface area contributed by atoms with Gasteiger partial charge in [0.15, 0.2) is 0 Å². The fourth-order valence-corrected chi connectivity index (χ4v) is 2.86. The molecule has 0 bridgehead atoms. The van der Waals surface area contributed by atoms with Crippen molar-refractivity contribution in [2.45, 2.75) is 26.4 Å². The lowest BCUT2D eigenvalue weighted by molar-refractivity contribution is 0.180. The molecule has 0 N–H and O–H groups in total. The summed E-state index contributed by atoms with van der Waals surface area (Å²) in [4.78, 5) is 17.9. The third-order valence-corrected chi connectivity index (χ3v) is 4.22. The van der Waals surface area contributed by atoms with Crippen LogP contribution in [0.5, 0.6) is 5.88 Å². The molecule has 0 aromatic carbocycles. The number of rotatable bonds is 4. The van der Waals surface area contributed by atoms with Crippen molar-refractivity contribution in [1.29, 1.82) is 0 Å². The molecule has 1 aliphatic rings. The van der Waals surface area contributed by atoms with Crippen LogP contribution in [0.4, 0.5) is 5.95 Å². The summed E-state index contributed by atoms with van der Waals surface area (Å²) in [6.45, 7) is 8.02. The molecule has 2 aromatic rings. The van der Waals surface area contributed by atoms with Gasteiger partial charge in [0.1, 0.15) is 0 Å². The third-order valence-electron chi connectivity index (χ3n) is 4.22. The number of hydrogen-bond donors (Lipinski definition) is 0. The molecule has 6 nitrogen and oxygen atoms in total. The van der Waals surface area contributed by atoms with Gasteiger partial charge in [-0.1, -0.05) is 6.07 Å². The van der Waals surface area contributed by atoms with E-state index in [2.05, 4.69) is 37.7 Å². The Morgan fingerprint density at radius 2 is 2.09 bits per heavy atom. The number of nitrogens with zero attached hydrogens (tertiary/aromatic N) is 5. The first-order valence-corrected chi connectivity index (χ1v) is 7.93. The van der Waals surface area contributed by atoms with Crippen molar-refractivity contribution in [2.24, 2.45) is 0 Å². The lowest BCUT2D eigenvalue weighted by atomic mass is 10.1. The number of aryl methyl sites for hydroxylation is 1. The Bertz CT molecular complexity index is 646. The van der Waals surface area contributed by atoms with E-state index in [0.29, 0.717) is 11.9 Å². The Balaban J connectivity index is 1.62. The minimum absolute atomic E-state index is 0.440. The van der Waals surface area contributed by atoms with Crippen LogP contribution in [0.1, 0.15) is 18.2 Å². The van der Waals surface area contributed by atoms with E-state index in [1.807, 2.05) is 31.5 Å². The summed E-state index contributed by atoms with van der Waals surface area (Å²) in [5, 5.41) is 0. The summed E-state index contributed by atoms with van der Waals surface area (Å²) in [5.41, 5.74) is 2.22. The van der Waals surface area contributed by atoms with Crippen LogP contribution in [-0.2, 0) is 6.54 Å². The van der Waals surface area contributed by atoms with E-state index in [1.54, 1.807) is 7.11 Å². The summed E-state index contributed by atoms with van der Waals surface area (Å²) >= 11 is 0. The molecule has 1 aliphatic heterocycles. The number of hydrogen-bond acceptors (Lipinski definition) is 6. The number of ether oxygens (including phenoxy) is 1. The van der Waals surface area contributed by atoms with E-state index < -0.39 is 0 Å². The molecule has 2 aromatic heterocycles. The summed E-state index contributed by atoms with van der Waals surface area (Å²) in [6, 6.07) is 6.36. The molecule has 6 heteroatoms. The Morgan fingerprint density at radius 1 is 1.22 bits per heavy atom. The van der Waals surface area contributed by atoms with Gasteiger partial charge in [0.05, 0.1) is 7.11 Å². The molecule has 1 fully saturated rings. The van der Waals surface area contributed by atoms with Gasteiger partial charge in [-0.2, -0.15) is 0 Å². The predicted octanol–water partition coefficient (Wildman–Crippen LogP) is 1.90. The second kappa shape index (κ2) is 6.91. The van der Waals surface area contributed by atoms with Crippen molar-refractivity contribution in [3.8, 4) is 5.88 Å². The molecule has 0 radical (unpaired) electrons. The summed E-state index contributed by atoms with van der Waals surface area (Å²) in [7, 11) is 1.64. The smallest absolute Gasteiger partial charge is 0.225 e. The number of pyridine rings is 1. The topological polar surface area (TPSA) is 54.4 Å². The summed E-state index contributed by atoms with van der Waals surface area (Å²) < 4.78 is 5.11. The predicted molar refractivity (Wildman–Crippen MR) is 89.6 cm³/mol. The van der Waals surface area contributed by atoms with Crippen LogP contribution in [0.3, 0.4) is 0 Å². The van der Waals surface area contributed by atoms with Crippen LogP contribution in [0.2, 0.25) is 0 Å². The molecule has 3 rings (SSSR count). The first kappa shape index (κ1) is 15.7. The molecular formula is C17H23N5O. The average molecular weight is 313 g/mol. The standard InChI is InChI=1S/C17H23N5O/c1-13-6-7-18-17(20-13)22-9-8-21(14(2)11-22)12-15-4-5-16(23-3)19-10-15/h4-7,10,14H,8-9,11-12H2,1-3H3. The zero-order chi connectivity index (χ0) is 16.2. The maximum absolute atomic E-state index is 5.11. The van der Waals surface area contributed by atoms with Crippen molar-refractivity contribution in [3.05, 3.63) is 41.9 Å². The normalized spacial score (nSPS) is 18.9. The van der Waals surface area contributed by atoms with Crippen molar-refractivity contribution in [1.82, 2.24) is 19.9 Å². The Labute approximate surface area is 137 Å². The molecule has 1 atom stereocenters. The zero-order valence-corrected chi connectivity index (χ0v) is 13.9. The number of anilines is 1. The van der Waals surface area contributed by atoms with Crippen LogP contribution >= 0.6 is 0 Å². The third kappa shape index (κ3) is 3.76. The Hall–Kier alpha value is -2.21. The molecule has 3 heterocycles. The first-order valence-electron chi connectivity index (χ1n) is 7.93. The molecule has 1 unspecified atom stereocenters. The Kier molecular flexibility index (Phi) is 4.71. The quantitative estimate of drug-likeness (QED) is 0.859. The van der Waals surface area contributed by atoms with Gasteiger partial charge in [-0.25, -0.2) is 15.0 Å². The van der Waals surface area contributed by atoms with Crippen LogP contribution in [0, 0.1) is 6.92 Å². The molecule has 23 heavy (non-hydrogen) atoms. The lowest BCUT2D eigenvalue weighted by Crippen LogP contribution is -2.52. The highest BCUT2D eigenvalue weighted by atomic mass is 16.5. The largest absolute Gasteiger partial charge is 0.481 e. The van der Waals surface area contributed by atoms with Crippen LogP contribution < -0.4 is 9.64 Å². The number of aromatic nitrogens is 3. The fourth-order valence-electron chi connectivity index (χ4n) is 2.86. The fraction of sp³-hybridized carbons (Fsp3) is 0.471. The number of methoxy groups -OCH3 is 1. The zero-order valence-electron chi connectivity index (χ0n) is 13.9. The van der Waals surface area contributed by atoms with Crippen molar-refractivity contribution in [2.75, 3.05) is 31.6 Å². The van der Waals surface area contributed by atoms with E-state index in [4.69, 9.17) is 4.74 Å². The maximum atomic E-state index is 5.11. The highest BCUT2D eigenvalue weighted by molar-refractivity contribution is 5.31. The van der Waals surface area contributed by atoms with E-state index in [-0.39, 0.29) is 0 Å². The molecule has 0 spiro atoms. The van der Waals surface area contributed by atoms with Crippen molar-refractivity contribution < 1.29 is 4.74 Å². The van der Waals surface area contributed by atoms with Crippen molar-refractivity contribution in [3.63, 3.8) is 0 Å². The number of piperazine rings is 1. The van der Waals surface area contributed by atoms with Gasteiger partial charge in [0.2, 0.25) is 11.8 Å². The highest BCUT2D eigenvalue weighted by Crippen LogP contribution is 2.18. The average Bonchev–Trinajstić information content (AvgIpc) is 2.57. The molecule has 122 valence electrons. The minimum Gasteiger partial charge on any atom is -0.481 e. The van der Waals surface area contributed by atoms with E-state index in [0.717, 1.165) is 37.8 Å². The van der Waals surface area contributed by atoms with E-state index in [9.17, 15) is 0 Å². The van der Waals surface area contributed by atoms with E-state index in [1.165, 1.54) is 5.56 Å². The molecule has 1 saturated heterocycles. The lowest BCUT2D eigenvalue weighted by Gasteiger charge is -2.39. The maximum Gasteiger partial charge on any atom is 0.225 e. The second-order valence-electron chi connectivity index (χ2n) is 5.97. The first-order chi connectivity index (χ1) is 11.2. The van der Waals surface area contributed by atoms with Crippen LogP contribution in [-0.4, -0.2) is 52.6 Å². The van der Waals surface area contributed by atoms with Gasteiger partial charge in [-0.3, -0.25) is 4.90 Å². The molecule has 0 aliphatic carbocycles. The highest BCUT2D eigenvalue weighted by Gasteiger charge is 2.25. The molecule has 0 amide bonds. The molecular weight excluding hydrogens is 290 g/mol. The van der Waals surface area contributed by atoms with Gasteiger partial charge >= 0.3 is 0 Å². The van der Waals surface area contributed by atoms with Gasteiger partial charge in [0, 0.05) is 56.4 Å². The second-order valence-corrected chi connectivity index (χ2v) is 5.97. The van der Waals surface area contributed by atoms with Gasteiger partial charge in [0.25, 0.3) is 0 Å². The van der Waals surface area contributed by atoms with Crippen molar-refractivity contribution >= 4 is 5.95 Å². The SMILES string of the molecule is COc1ccc(CN2CCN(c3nccc(C)n3)CC2C)cn1. The van der Waals surface area contributed by atoms with Gasteiger partial charge < -0.3 is 9.64 Å². The van der Waals surface area contributed by atoms with Crippen LogP contribution in [0.15, 0.2) is 30.6 Å². The van der Waals surface area contributed by atoms with Gasteiger partial charge in [-0.15, -0.1) is 0 Å². The summed E-state index contributed by atoms with van der Waals surface area (Å²) in [6.07, 6.45) is 3.72. The van der Waals surface area contributed by atoms with Gasteiger partial charge in [-0.05, 0) is 25.5 Å². The van der Waals surface area contributed by atoms with E-state index >= 15 is 0 Å². The monoisotopic (exact) mass is 313 g/mol. The minimum atomic E-state index is 0.440. The molecule has 0 saturated carbocycles. The van der Waals surface area contributed by atoms with Crippen LogP contribution in [0.25, 0.3) is 0 Å².